The normalized spacial score (nSPS) is 17.4. The maximum absolute atomic E-state index is 13.5. The third-order valence-corrected chi connectivity index (χ3v) is 9.50. The average Bonchev–Trinajstić information content (AvgIpc) is 3.38. The summed E-state index contributed by atoms with van der Waals surface area (Å²) in [5.74, 6) is 1.07. The minimum Gasteiger partial charge on any atom is -0.456 e. The van der Waals surface area contributed by atoms with Gasteiger partial charge in [-0.1, -0.05) is 78.9 Å². The van der Waals surface area contributed by atoms with E-state index in [0.717, 1.165) is 41.2 Å². The molecule has 2 aliphatic heterocycles. The second-order valence-corrected chi connectivity index (χ2v) is 11.8. The highest BCUT2D eigenvalue weighted by molar-refractivity contribution is 5.97. The Morgan fingerprint density at radius 1 is 0.622 bits per heavy atom. The molecule has 2 aliphatic rings. The minimum atomic E-state index is -1.13. The third-order valence-electron chi connectivity index (χ3n) is 9.50. The molecule has 0 fully saturated rings. The van der Waals surface area contributed by atoms with Gasteiger partial charge in [0.25, 0.3) is 0 Å². The van der Waals surface area contributed by atoms with E-state index < -0.39 is 5.60 Å². The molecule has 5 heteroatoms. The smallest absolute Gasteiger partial charge is 0.340 e. The maximum atomic E-state index is 13.5. The van der Waals surface area contributed by atoms with E-state index in [1.165, 1.54) is 11.1 Å². The minimum absolute atomic E-state index is 0.0576. The molecule has 5 aromatic carbocycles. The summed E-state index contributed by atoms with van der Waals surface area (Å²) in [6, 6.07) is 41.6. The lowest BCUT2D eigenvalue weighted by molar-refractivity contribution is 0.0224. The first-order valence-corrected chi connectivity index (χ1v) is 15.9. The topological polar surface area (TPSA) is 42.0 Å². The molecule has 226 valence electrons. The van der Waals surface area contributed by atoms with Crippen molar-refractivity contribution in [3.8, 4) is 11.5 Å². The first-order valence-electron chi connectivity index (χ1n) is 15.9. The van der Waals surface area contributed by atoms with Gasteiger partial charge >= 0.3 is 5.97 Å². The van der Waals surface area contributed by atoms with Crippen LogP contribution in [0.5, 0.6) is 11.5 Å². The molecule has 5 nitrogen and oxygen atoms in total. The fourth-order valence-corrected chi connectivity index (χ4v) is 7.16. The molecule has 5 aromatic rings. The van der Waals surface area contributed by atoms with Crippen LogP contribution in [0, 0.1) is 0 Å². The molecular weight excluding hydrogens is 556 g/mol. The van der Waals surface area contributed by atoms with Crippen molar-refractivity contribution < 1.29 is 14.3 Å². The van der Waals surface area contributed by atoms with Crippen molar-refractivity contribution in [3.63, 3.8) is 0 Å². The molecule has 0 aromatic heterocycles. The zero-order valence-electron chi connectivity index (χ0n) is 26.2. The van der Waals surface area contributed by atoms with Gasteiger partial charge in [0.05, 0.1) is 17.6 Å². The number of rotatable bonds is 8. The average molecular weight is 595 g/mol. The van der Waals surface area contributed by atoms with Crippen LogP contribution in [0.25, 0.3) is 0 Å². The van der Waals surface area contributed by atoms with Gasteiger partial charge in [-0.25, -0.2) is 4.79 Å². The lowest BCUT2D eigenvalue weighted by Gasteiger charge is -2.40. The number of fused-ring (bicyclic) bond motifs is 6. The standard InChI is InChI=1S/C40H38N2O3/c1-5-41(6-2)31-21-23-35-38(26-31)44-37-24-22-32(25-36(37)40(35)34-20-14-13-19-33(34)39(43)45-40)42(27(3)29-15-9-7-10-16-29)28(4)30-17-11-8-12-18-30/h7-28H,5-6H2,1-4H3. The van der Waals surface area contributed by atoms with Gasteiger partial charge in [0, 0.05) is 47.2 Å². The molecule has 7 rings (SSSR count). The van der Waals surface area contributed by atoms with Crippen LogP contribution in [0.15, 0.2) is 121 Å². The Bertz CT molecular complexity index is 1810. The molecule has 45 heavy (non-hydrogen) atoms. The zero-order valence-corrected chi connectivity index (χ0v) is 26.2. The Morgan fingerprint density at radius 2 is 1.22 bits per heavy atom. The van der Waals surface area contributed by atoms with Gasteiger partial charge in [0.1, 0.15) is 11.5 Å². The SMILES string of the molecule is CCN(CC)c1ccc2c(c1)Oc1ccc(N(C(C)c3ccccc3)C(C)c3ccccc3)cc1C21OC(=O)c2ccccc21. The van der Waals surface area contributed by atoms with Gasteiger partial charge in [-0.05, 0) is 75.2 Å². The number of carbonyl (C=O) groups is 1. The number of hydrogen-bond acceptors (Lipinski definition) is 5. The van der Waals surface area contributed by atoms with E-state index in [4.69, 9.17) is 9.47 Å². The monoisotopic (exact) mass is 594 g/mol. The number of benzene rings is 5. The summed E-state index contributed by atoms with van der Waals surface area (Å²) in [5.41, 5.74) is 6.48. The predicted molar refractivity (Wildman–Crippen MR) is 180 cm³/mol. The predicted octanol–water partition coefficient (Wildman–Crippen LogP) is 9.43. The number of nitrogens with zero attached hydrogens (tertiary/aromatic N) is 2. The van der Waals surface area contributed by atoms with Gasteiger partial charge in [-0.2, -0.15) is 0 Å². The molecule has 0 bridgehead atoms. The highest BCUT2D eigenvalue weighted by Crippen LogP contribution is 2.57. The lowest BCUT2D eigenvalue weighted by Crippen LogP contribution is -2.34. The Labute approximate surface area is 265 Å². The Balaban J connectivity index is 1.44. The van der Waals surface area contributed by atoms with Crippen LogP contribution in [0.3, 0.4) is 0 Å². The first kappa shape index (κ1) is 28.7. The fourth-order valence-electron chi connectivity index (χ4n) is 7.16. The fraction of sp³-hybridized carbons (Fsp3) is 0.225. The Kier molecular flexibility index (Phi) is 7.33. The van der Waals surface area contributed by atoms with Crippen LogP contribution in [0.4, 0.5) is 11.4 Å². The maximum Gasteiger partial charge on any atom is 0.340 e. The van der Waals surface area contributed by atoms with E-state index in [9.17, 15) is 4.79 Å². The van der Waals surface area contributed by atoms with E-state index in [0.29, 0.717) is 17.1 Å². The van der Waals surface area contributed by atoms with Crippen molar-refractivity contribution in [1.82, 2.24) is 0 Å². The largest absolute Gasteiger partial charge is 0.456 e. The van der Waals surface area contributed by atoms with Crippen LogP contribution in [0.2, 0.25) is 0 Å². The van der Waals surface area contributed by atoms with Gasteiger partial charge < -0.3 is 19.3 Å². The molecule has 0 N–H and O–H groups in total. The summed E-state index contributed by atoms with van der Waals surface area (Å²) in [7, 11) is 0. The molecule has 3 atom stereocenters. The summed E-state index contributed by atoms with van der Waals surface area (Å²) < 4.78 is 13.2. The van der Waals surface area contributed by atoms with Gasteiger partial charge in [-0.15, -0.1) is 0 Å². The number of ether oxygens (including phenoxy) is 2. The molecule has 0 amide bonds. The van der Waals surface area contributed by atoms with Crippen LogP contribution >= 0.6 is 0 Å². The quantitative estimate of drug-likeness (QED) is 0.167. The zero-order chi connectivity index (χ0) is 31.1. The van der Waals surface area contributed by atoms with E-state index in [1.54, 1.807) is 0 Å². The number of esters is 1. The van der Waals surface area contributed by atoms with Crippen LogP contribution in [-0.2, 0) is 10.3 Å². The second kappa shape index (κ2) is 11.5. The molecule has 0 saturated carbocycles. The highest BCUT2D eigenvalue weighted by atomic mass is 16.6. The number of carbonyl (C=O) groups excluding carboxylic acids is 1. The highest BCUT2D eigenvalue weighted by Gasteiger charge is 2.53. The summed E-state index contributed by atoms with van der Waals surface area (Å²) in [4.78, 5) is 18.3. The Morgan fingerprint density at radius 3 is 1.87 bits per heavy atom. The molecule has 0 radical (unpaired) electrons. The van der Waals surface area contributed by atoms with Gasteiger partial charge in [-0.3, -0.25) is 0 Å². The van der Waals surface area contributed by atoms with Crippen LogP contribution < -0.4 is 14.5 Å². The molecule has 3 unspecified atom stereocenters. The lowest BCUT2D eigenvalue weighted by atomic mass is 9.77. The molecule has 1 spiro atoms. The van der Waals surface area contributed by atoms with Crippen molar-refractivity contribution in [1.29, 1.82) is 0 Å². The van der Waals surface area contributed by atoms with E-state index in [2.05, 4.69) is 128 Å². The van der Waals surface area contributed by atoms with Gasteiger partial charge in [0.2, 0.25) is 0 Å². The summed E-state index contributed by atoms with van der Waals surface area (Å²) in [6.45, 7) is 10.6. The third kappa shape index (κ3) is 4.65. The second-order valence-electron chi connectivity index (χ2n) is 11.8. The Hall–Kier alpha value is -5.03. The van der Waals surface area contributed by atoms with Gasteiger partial charge in [0.15, 0.2) is 5.60 Å². The van der Waals surface area contributed by atoms with Crippen LogP contribution in [-0.4, -0.2) is 19.1 Å². The van der Waals surface area contributed by atoms with E-state index >= 15 is 0 Å². The van der Waals surface area contributed by atoms with E-state index in [1.807, 2.05) is 30.3 Å². The molecule has 0 aliphatic carbocycles. The van der Waals surface area contributed by atoms with Crippen molar-refractivity contribution >= 4 is 17.3 Å². The number of anilines is 2. The van der Waals surface area contributed by atoms with Crippen molar-refractivity contribution in [2.24, 2.45) is 0 Å². The summed E-state index contributed by atoms with van der Waals surface area (Å²) >= 11 is 0. The summed E-state index contributed by atoms with van der Waals surface area (Å²) in [6.07, 6.45) is 0. The van der Waals surface area contributed by atoms with Crippen molar-refractivity contribution in [3.05, 3.63) is 155 Å². The van der Waals surface area contributed by atoms with Crippen molar-refractivity contribution in [2.45, 2.75) is 45.4 Å². The molecule has 0 saturated heterocycles. The molecule has 2 heterocycles. The summed E-state index contributed by atoms with van der Waals surface area (Å²) in [5, 5.41) is 0. The first-order chi connectivity index (χ1) is 22.0. The van der Waals surface area contributed by atoms with Crippen LogP contribution in [0.1, 0.15) is 78.0 Å². The van der Waals surface area contributed by atoms with Crippen molar-refractivity contribution in [2.75, 3.05) is 22.9 Å². The molecular formula is C40H38N2O3. The van der Waals surface area contributed by atoms with E-state index in [-0.39, 0.29) is 18.1 Å². The number of hydrogen-bond donors (Lipinski definition) is 0.